The first-order chi connectivity index (χ1) is 16.2. The van der Waals surface area contributed by atoms with E-state index in [1.807, 2.05) is 0 Å². The van der Waals surface area contributed by atoms with Crippen LogP contribution < -0.4 is 10.0 Å². The molecule has 1 saturated carbocycles. The molecule has 0 saturated heterocycles. The van der Waals surface area contributed by atoms with E-state index in [-0.39, 0.29) is 18.4 Å². The lowest BCUT2D eigenvalue weighted by Crippen LogP contribution is -2.56. The minimum Gasteiger partial charge on any atom is -0.385 e. The van der Waals surface area contributed by atoms with Crippen LogP contribution >= 0.6 is 11.9 Å². The van der Waals surface area contributed by atoms with Crippen molar-refractivity contribution in [2.45, 2.75) is 68.7 Å². The minimum atomic E-state index is -2.99. The molecule has 2 aromatic carbocycles. The topological polar surface area (TPSA) is 33.3 Å². The number of rotatable bonds is 14. The van der Waals surface area contributed by atoms with Crippen LogP contribution in [0.15, 0.2) is 36.4 Å². The molecule has 0 radical (unpaired) electrons. The van der Waals surface area contributed by atoms with Crippen molar-refractivity contribution in [1.82, 2.24) is 10.0 Å². The number of benzene rings is 2. The van der Waals surface area contributed by atoms with Gasteiger partial charge in [0.25, 0.3) is 5.92 Å². The maximum absolute atomic E-state index is 15.5. The maximum atomic E-state index is 15.5. The first-order valence-electron chi connectivity index (χ1n) is 11.7. The van der Waals surface area contributed by atoms with E-state index >= 15 is 13.2 Å². The Bertz CT molecular complexity index is 919. The Kier molecular flexibility index (Phi) is 9.83. The summed E-state index contributed by atoms with van der Waals surface area (Å²) < 4.78 is 68.2. The molecule has 1 aliphatic carbocycles. The molecule has 3 nitrogen and oxygen atoms in total. The van der Waals surface area contributed by atoms with Gasteiger partial charge < -0.3 is 10.1 Å². The molecular weight excluding hydrogens is 464 g/mol. The van der Waals surface area contributed by atoms with Gasteiger partial charge in [-0.15, -0.1) is 0 Å². The highest BCUT2D eigenvalue weighted by Gasteiger charge is 2.44. The van der Waals surface area contributed by atoms with Gasteiger partial charge in [0.05, 0.1) is 6.04 Å². The normalized spacial score (nSPS) is 16.0. The summed E-state index contributed by atoms with van der Waals surface area (Å²) in [6.45, 7) is 2.19. The minimum absolute atomic E-state index is 0.0705. The van der Waals surface area contributed by atoms with Crippen LogP contribution in [-0.4, -0.2) is 44.0 Å². The van der Waals surface area contributed by atoms with Crippen LogP contribution in [-0.2, 0) is 11.2 Å². The van der Waals surface area contributed by atoms with Gasteiger partial charge in [-0.1, -0.05) is 36.2 Å². The molecule has 0 amide bonds. The van der Waals surface area contributed by atoms with E-state index < -0.39 is 29.6 Å². The number of likely N-dealkylation sites (N-methyl/N-ethyl adjacent to an activating group) is 1. The summed E-state index contributed by atoms with van der Waals surface area (Å²) in [4.78, 5) is 0. The number of nitrogens with one attached hydrogen (secondary N) is 2. The van der Waals surface area contributed by atoms with E-state index in [1.54, 1.807) is 45.3 Å². The van der Waals surface area contributed by atoms with Crippen molar-refractivity contribution in [2.24, 2.45) is 0 Å². The number of alkyl halides is 2. The van der Waals surface area contributed by atoms with E-state index in [9.17, 15) is 4.39 Å². The van der Waals surface area contributed by atoms with E-state index in [2.05, 4.69) is 10.0 Å². The van der Waals surface area contributed by atoms with E-state index in [0.717, 1.165) is 12.8 Å². The molecule has 1 fully saturated rings. The van der Waals surface area contributed by atoms with Crippen LogP contribution in [0.5, 0.6) is 0 Å². The molecule has 2 unspecified atom stereocenters. The third-order valence-electron chi connectivity index (χ3n) is 6.09. The first kappa shape index (κ1) is 27.0. The fraction of sp³-hybridized carbons (Fsp3) is 0.538. The van der Waals surface area contributed by atoms with Gasteiger partial charge in [0.2, 0.25) is 0 Å². The van der Waals surface area contributed by atoms with E-state index in [4.69, 9.17) is 4.74 Å². The second kappa shape index (κ2) is 12.4. The van der Waals surface area contributed by atoms with Crippen molar-refractivity contribution in [3.8, 4) is 11.1 Å². The molecule has 0 aliphatic heterocycles. The Balaban J connectivity index is 1.83. The summed E-state index contributed by atoms with van der Waals surface area (Å²) in [5.74, 6) is -3.94. The SMILES string of the molecule is CNC(Cc1cccc(-c2cc(C)cc(F)c2)c1F)C(NSC1CC1)C(F)(F)CCCCOC. The van der Waals surface area contributed by atoms with Gasteiger partial charge in [-0.2, -0.15) is 0 Å². The van der Waals surface area contributed by atoms with Gasteiger partial charge in [-0.3, -0.25) is 4.72 Å². The predicted molar refractivity (Wildman–Crippen MR) is 131 cm³/mol. The van der Waals surface area contributed by atoms with Crippen LogP contribution in [0.25, 0.3) is 11.1 Å². The Morgan fingerprint density at radius 1 is 1.15 bits per heavy atom. The average molecular weight is 499 g/mol. The van der Waals surface area contributed by atoms with Crippen molar-refractivity contribution in [3.05, 3.63) is 59.2 Å². The summed E-state index contributed by atoms with van der Waals surface area (Å²) in [6.07, 6.45) is 2.72. The summed E-state index contributed by atoms with van der Waals surface area (Å²) in [7, 11) is 3.18. The van der Waals surface area contributed by atoms with Crippen molar-refractivity contribution in [1.29, 1.82) is 0 Å². The molecule has 34 heavy (non-hydrogen) atoms. The zero-order valence-electron chi connectivity index (χ0n) is 20.0. The van der Waals surface area contributed by atoms with Gasteiger partial charge in [0, 0.05) is 37.0 Å². The molecule has 8 heteroatoms. The van der Waals surface area contributed by atoms with Crippen LogP contribution in [0.4, 0.5) is 17.6 Å². The lowest BCUT2D eigenvalue weighted by Gasteiger charge is -2.34. The number of aryl methyl sites for hydroxylation is 1. The van der Waals surface area contributed by atoms with Crippen molar-refractivity contribution in [2.75, 3.05) is 20.8 Å². The van der Waals surface area contributed by atoms with Gasteiger partial charge in [0.15, 0.2) is 0 Å². The largest absolute Gasteiger partial charge is 0.385 e. The summed E-state index contributed by atoms with van der Waals surface area (Å²) >= 11 is 1.35. The Hall–Kier alpha value is -1.61. The monoisotopic (exact) mass is 498 g/mol. The number of halogens is 4. The number of unbranched alkanes of at least 4 members (excludes halogenated alkanes) is 1. The standard InChI is InChI=1S/C26H34F4N2OS/c1-17-13-19(15-20(27)14-17)22-8-6-7-18(24(22)28)16-23(31-2)25(32-34-21-9-10-21)26(29,30)11-4-5-12-33-3/h6-8,13-15,21,23,25,31-32H,4-5,9-12,16H2,1-3H3. The fourth-order valence-corrected chi connectivity index (χ4v) is 5.10. The lowest BCUT2D eigenvalue weighted by molar-refractivity contribution is -0.0501. The molecule has 3 rings (SSSR count). The lowest BCUT2D eigenvalue weighted by atomic mass is 9.91. The predicted octanol–water partition coefficient (Wildman–Crippen LogP) is 6.29. The third kappa shape index (κ3) is 7.44. The number of ether oxygens (including phenoxy) is 1. The Labute approximate surface area is 204 Å². The van der Waals surface area contributed by atoms with Gasteiger partial charge in [0.1, 0.15) is 11.6 Å². The Morgan fingerprint density at radius 2 is 1.91 bits per heavy atom. The van der Waals surface area contributed by atoms with Crippen LogP contribution in [0.1, 0.15) is 43.2 Å². The number of hydrogen-bond donors (Lipinski definition) is 2. The molecule has 0 aromatic heterocycles. The van der Waals surface area contributed by atoms with Crippen LogP contribution in [0.3, 0.4) is 0 Å². The quantitative estimate of drug-likeness (QED) is 0.182. The average Bonchev–Trinajstić information content (AvgIpc) is 3.61. The van der Waals surface area contributed by atoms with Crippen molar-refractivity contribution in [3.63, 3.8) is 0 Å². The van der Waals surface area contributed by atoms with Crippen molar-refractivity contribution < 1.29 is 22.3 Å². The fourth-order valence-electron chi connectivity index (χ4n) is 4.06. The van der Waals surface area contributed by atoms with Gasteiger partial charge >= 0.3 is 0 Å². The highest BCUT2D eigenvalue weighted by molar-refractivity contribution is 7.98. The zero-order valence-corrected chi connectivity index (χ0v) is 20.8. The zero-order chi connectivity index (χ0) is 24.7. The van der Waals surface area contributed by atoms with Gasteiger partial charge in [-0.25, -0.2) is 17.6 Å². The molecule has 2 aromatic rings. The van der Waals surface area contributed by atoms with Crippen LogP contribution in [0, 0.1) is 18.6 Å². The third-order valence-corrected chi connectivity index (χ3v) is 7.29. The molecule has 2 atom stereocenters. The molecule has 0 spiro atoms. The first-order valence-corrected chi connectivity index (χ1v) is 12.6. The van der Waals surface area contributed by atoms with E-state index in [1.165, 1.54) is 24.1 Å². The highest BCUT2D eigenvalue weighted by atomic mass is 32.2. The van der Waals surface area contributed by atoms with Gasteiger partial charge in [-0.05, 0) is 74.9 Å². The molecule has 0 bridgehead atoms. The smallest absolute Gasteiger partial charge is 0.265 e. The summed E-state index contributed by atoms with van der Waals surface area (Å²) in [6, 6.07) is 7.38. The van der Waals surface area contributed by atoms with Crippen molar-refractivity contribution >= 4 is 11.9 Å². The summed E-state index contributed by atoms with van der Waals surface area (Å²) in [5.41, 5.74) is 1.69. The maximum Gasteiger partial charge on any atom is 0.265 e. The molecule has 0 heterocycles. The Morgan fingerprint density at radius 3 is 2.56 bits per heavy atom. The second-order valence-electron chi connectivity index (χ2n) is 9.02. The molecule has 1 aliphatic rings. The molecule has 2 N–H and O–H groups in total. The van der Waals surface area contributed by atoms with Crippen LogP contribution in [0.2, 0.25) is 0 Å². The second-order valence-corrected chi connectivity index (χ2v) is 10.2. The number of hydrogen-bond acceptors (Lipinski definition) is 4. The number of methoxy groups -OCH3 is 1. The molecule has 188 valence electrons. The summed E-state index contributed by atoms with van der Waals surface area (Å²) in [5, 5.41) is 3.35. The van der Waals surface area contributed by atoms with E-state index in [0.29, 0.717) is 41.4 Å². The molecular formula is C26H34F4N2OS. The highest BCUT2D eigenvalue weighted by Crippen LogP contribution is 2.36.